The summed E-state index contributed by atoms with van der Waals surface area (Å²) in [6, 6.07) is 10.7. The third kappa shape index (κ3) is 4.63. The van der Waals surface area contributed by atoms with Crippen molar-refractivity contribution < 1.29 is 22.7 Å². The van der Waals surface area contributed by atoms with Crippen LogP contribution in [0.1, 0.15) is 29.7 Å². The Hall–Kier alpha value is -3.04. The fourth-order valence-electron chi connectivity index (χ4n) is 4.44. The molecule has 1 amide bonds. The van der Waals surface area contributed by atoms with Gasteiger partial charge < -0.3 is 19.8 Å². The molecular formula is C25H31N3O5S. The van der Waals surface area contributed by atoms with E-state index in [-0.39, 0.29) is 16.7 Å². The van der Waals surface area contributed by atoms with E-state index in [1.165, 1.54) is 36.2 Å². The van der Waals surface area contributed by atoms with E-state index in [2.05, 4.69) is 30.2 Å². The van der Waals surface area contributed by atoms with Gasteiger partial charge in [0.15, 0.2) is 11.5 Å². The molecule has 3 aromatic rings. The Labute approximate surface area is 200 Å². The van der Waals surface area contributed by atoms with Gasteiger partial charge in [-0.3, -0.25) is 4.79 Å². The van der Waals surface area contributed by atoms with E-state index in [4.69, 9.17) is 9.47 Å². The summed E-state index contributed by atoms with van der Waals surface area (Å²) in [5.41, 5.74) is 4.49. The van der Waals surface area contributed by atoms with Crippen molar-refractivity contribution in [2.75, 3.05) is 27.3 Å². The van der Waals surface area contributed by atoms with E-state index in [0.717, 1.165) is 22.2 Å². The molecule has 0 spiro atoms. The minimum absolute atomic E-state index is 0.0368. The highest BCUT2D eigenvalue weighted by molar-refractivity contribution is 7.89. The molecule has 0 aliphatic carbocycles. The maximum atomic E-state index is 13.1. The Morgan fingerprint density at radius 3 is 2.44 bits per heavy atom. The lowest BCUT2D eigenvalue weighted by atomic mass is 9.97. The minimum atomic E-state index is -3.68. The Morgan fingerprint density at radius 1 is 1.06 bits per heavy atom. The molecule has 1 saturated heterocycles. The number of benzene rings is 2. The van der Waals surface area contributed by atoms with Crippen LogP contribution in [0.2, 0.25) is 0 Å². The predicted molar refractivity (Wildman–Crippen MR) is 131 cm³/mol. The fraction of sp³-hybridized carbons (Fsp3) is 0.400. The summed E-state index contributed by atoms with van der Waals surface area (Å²) in [6.07, 6.45) is 0.959. The Kier molecular flexibility index (Phi) is 6.86. The van der Waals surface area contributed by atoms with E-state index >= 15 is 0 Å². The Bertz CT molecular complexity index is 1310. The maximum absolute atomic E-state index is 13.1. The van der Waals surface area contributed by atoms with Crippen LogP contribution in [0.25, 0.3) is 10.9 Å². The lowest BCUT2D eigenvalue weighted by Crippen LogP contribution is -2.42. The Balaban J connectivity index is 1.36. The van der Waals surface area contributed by atoms with Crippen LogP contribution in [-0.2, 0) is 21.4 Å². The molecule has 1 aliphatic rings. The number of methoxy groups -OCH3 is 2. The maximum Gasteiger partial charge on any atom is 0.243 e. The molecule has 2 N–H and O–H groups in total. The highest BCUT2D eigenvalue weighted by Crippen LogP contribution is 2.32. The van der Waals surface area contributed by atoms with Gasteiger partial charge in [-0.25, -0.2) is 8.42 Å². The molecule has 8 nitrogen and oxygen atoms in total. The molecule has 9 heteroatoms. The number of piperidine rings is 1. The molecule has 1 aromatic heterocycles. The number of hydrogen-bond donors (Lipinski definition) is 2. The van der Waals surface area contributed by atoms with Gasteiger partial charge in [0.25, 0.3) is 0 Å². The Morgan fingerprint density at radius 2 is 1.76 bits per heavy atom. The van der Waals surface area contributed by atoms with Crippen molar-refractivity contribution >= 4 is 26.8 Å². The van der Waals surface area contributed by atoms with E-state index in [9.17, 15) is 13.2 Å². The number of fused-ring (bicyclic) bond motifs is 1. The van der Waals surface area contributed by atoms with Gasteiger partial charge >= 0.3 is 0 Å². The first kappa shape index (κ1) is 24.1. The van der Waals surface area contributed by atoms with Crippen LogP contribution in [0, 0.1) is 19.8 Å². The third-order valence-corrected chi connectivity index (χ3v) is 8.55. The second-order valence-electron chi connectivity index (χ2n) is 8.67. The molecule has 182 valence electrons. The number of carbonyl (C=O) groups is 1. The SMILES string of the molecule is COc1ccc(S(=O)(=O)N2CCC(C(=O)NCc3ccc4[nH]c(C)c(C)c4c3)CC2)cc1OC. The summed E-state index contributed by atoms with van der Waals surface area (Å²) in [5, 5.41) is 4.19. The summed E-state index contributed by atoms with van der Waals surface area (Å²) >= 11 is 0. The average Bonchev–Trinajstić information content (AvgIpc) is 3.14. The van der Waals surface area contributed by atoms with Crippen LogP contribution in [0.3, 0.4) is 0 Å². The lowest BCUT2D eigenvalue weighted by molar-refractivity contribution is -0.126. The van der Waals surface area contributed by atoms with Crippen LogP contribution in [0.5, 0.6) is 11.5 Å². The van der Waals surface area contributed by atoms with Gasteiger partial charge in [0.1, 0.15) is 0 Å². The van der Waals surface area contributed by atoms with Crippen molar-refractivity contribution in [3.8, 4) is 11.5 Å². The van der Waals surface area contributed by atoms with Crippen molar-refractivity contribution in [1.82, 2.24) is 14.6 Å². The van der Waals surface area contributed by atoms with E-state index in [0.29, 0.717) is 44.0 Å². The lowest BCUT2D eigenvalue weighted by Gasteiger charge is -2.30. The molecule has 0 radical (unpaired) electrons. The number of ether oxygens (including phenoxy) is 2. The zero-order valence-electron chi connectivity index (χ0n) is 20.0. The van der Waals surface area contributed by atoms with Gasteiger partial charge in [-0.1, -0.05) is 6.07 Å². The number of nitrogens with zero attached hydrogens (tertiary/aromatic N) is 1. The number of aromatic nitrogens is 1. The molecule has 2 heterocycles. The fourth-order valence-corrected chi connectivity index (χ4v) is 5.92. The van der Waals surface area contributed by atoms with Gasteiger partial charge in [0, 0.05) is 48.2 Å². The monoisotopic (exact) mass is 485 g/mol. The standard InChI is InChI=1S/C25H31N3O5S/c1-16-17(2)27-22-7-5-18(13-21(16)22)15-26-25(29)19-9-11-28(12-10-19)34(30,31)20-6-8-23(32-3)24(14-20)33-4/h5-8,13-14,19,27H,9-12,15H2,1-4H3,(H,26,29). The number of amides is 1. The number of sulfonamides is 1. The second kappa shape index (κ2) is 9.68. The van der Waals surface area contributed by atoms with Crippen LogP contribution in [0.15, 0.2) is 41.3 Å². The first-order valence-corrected chi connectivity index (χ1v) is 12.8. The van der Waals surface area contributed by atoms with E-state index < -0.39 is 10.0 Å². The quantitative estimate of drug-likeness (QED) is 0.533. The van der Waals surface area contributed by atoms with Crippen LogP contribution >= 0.6 is 0 Å². The van der Waals surface area contributed by atoms with Crippen molar-refractivity contribution in [2.24, 2.45) is 5.92 Å². The molecule has 34 heavy (non-hydrogen) atoms. The molecule has 2 aromatic carbocycles. The minimum Gasteiger partial charge on any atom is -0.493 e. The topological polar surface area (TPSA) is 101 Å². The first-order valence-electron chi connectivity index (χ1n) is 11.3. The van der Waals surface area contributed by atoms with E-state index in [1.807, 2.05) is 12.1 Å². The number of nitrogens with one attached hydrogen (secondary N) is 2. The van der Waals surface area contributed by atoms with Gasteiger partial charge in [0.05, 0.1) is 19.1 Å². The van der Waals surface area contributed by atoms with Gasteiger partial charge in [-0.05, 0) is 62.1 Å². The van der Waals surface area contributed by atoms with Crippen molar-refractivity contribution in [2.45, 2.75) is 38.1 Å². The smallest absolute Gasteiger partial charge is 0.243 e. The zero-order valence-corrected chi connectivity index (χ0v) is 20.8. The number of hydrogen-bond acceptors (Lipinski definition) is 5. The van der Waals surface area contributed by atoms with E-state index in [1.54, 1.807) is 6.07 Å². The van der Waals surface area contributed by atoms with Crippen LogP contribution in [0.4, 0.5) is 0 Å². The number of carbonyl (C=O) groups excluding carboxylic acids is 1. The zero-order chi connectivity index (χ0) is 24.5. The predicted octanol–water partition coefficient (Wildman–Crippen LogP) is 3.52. The molecule has 0 bridgehead atoms. The first-order chi connectivity index (χ1) is 16.2. The summed E-state index contributed by atoms with van der Waals surface area (Å²) in [4.78, 5) is 16.3. The largest absolute Gasteiger partial charge is 0.493 e. The number of aryl methyl sites for hydroxylation is 2. The molecule has 0 unspecified atom stereocenters. The highest BCUT2D eigenvalue weighted by Gasteiger charge is 2.32. The molecule has 4 rings (SSSR count). The molecule has 1 aliphatic heterocycles. The van der Waals surface area contributed by atoms with Crippen molar-refractivity contribution in [3.05, 3.63) is 53.2 Å². The van der Waals surface area contributed by atoms with Crippen molar-refractivity contribution in [1.29, 1.82) is 0 Å². The van der Waals surface area contributed by atoms with Gasteiger partial charge in [-0.15, -0.1) is 0 Å². The number of rotatable bonds is 7. The number of aromatic amines is 1. The van der Waals surface area contributed by atoms with Crippen molar-refractivity contribution in [3.63, 3.8) is 0 Å². The van der Waals surface area contributed by atoms with Gasteiger partial charge in [0.2, 0.25) is 15.9 Å². The van der Waals surface area contributed by atoms with Crippen LogP contribution in [-0.4, -0.2) is 50.9 Å². The highest BCUT2D eigenvalue weighted by atomic mass is 32.2. The van der Waals surface area contributed by atoms with Gasteiger partial charge in [-0.2, -0.15) is 4.31 Å². The summed E-state index contributed by atoms with van der Waals surface area (Å²) in [6.45, 7) is 5.17. The summed E-state index contributed by atoms with van der Waals surface area (Å²) < 4.78 is 38.1. The molecular weight excluding hydrogens is 454 g/mol. The molecule has 0 atom stereocenters. The molecule has 1 fully saturated rings. The molecule has 0 saturated carbocycles. The number of H-pyrrole nitrogens is 1. The second-order valence-corrected chi connectivity index (χ2v) is 10.6. The normalized spacial score (nSPS) is 15.4. The summed E-state index contributed by atoms with van der Waals surface area (Å²) in [7, 11) is -0.712. The summed E-state index contributed by atoms with van der Waals surface area (Å²) in [5.74, 6) is 0.584. The third-order valence-electron chi connectivity index (χ3n) is 6.66. The average molecular weight is 486 g/mol. The van der Waals surface area contributed by atoms with Crippen LogP contribution < -0.4 is 14.8 Å².